The molecule has 32 heavy (non-hydrogen) atoms. The third-order valence-corrected chi connectivity index (χ3v) is 6.15. The van der Waals surface area contributed by atoms with Crippen LogP contribution in [-0.2, 0) is 4.74 Å². The lowest BCUT2D eigenvalue weighted by Crippen LogP contribution is -2.38. The van der Waals surface area contributed by atoms with E-state index in [1.165, 1.54) is 0 Å². The molecule has 0 amide bonds. The smallest absolute Gasteiger partial charge is 0.320 e. The zero-order valence-electron chi connectivity index (χ0n) is 19.0. The summed E-state index contributed by atoms with van der Waals surface area (Å²) in [6.45, 7) is 7.10. The predicted molar refractivity (Wildman–Crippen MR) is 122 cm³/mol. The van der Waals surface area contributed by atoms with Crippen LogP contribution in [0.1, 0.15) is 18.4 Å². The van der Waals surface area contributed by atoms with Crippen molar-refractivity contribution >= 4 is 16.7 Å². The van der Waals surface area contributed by atoms with Crippen LogP contribution < -0.4 is 14.4 Å². The fraction of sp³-hybridized carbons (Fsp3) is 0.522. The van der Waals surface area contributed by atoms with Gasteiger partial charge in [-0.15, -0.1) is 0 Å². The van der Waals surface area contributed by atoms with Crippen LogP contribution in [0.15, 0.2) is 24.4 Å². The summed E-state index contributed by atoms with van der Waals surface area (Å²) in [4.78, 5) is 13.6. The lowest BCUT2D eigenvalue weighted by molar-refractivity contribution is 0.104. The number of nitrogens with zero attached hydrogens (tertiary/aromatic N) is 6. The Morgan fingerprint density at radius 2 is 1.88 bits per heavy atom. The number of benzene rings is 1. The summed E-state index contributed by atoms with van der Waals surface area (Å²) in [7, 11) is 3.73. The van der Waals surface area contributed by atoms with Crippen LogP contribution in [0.4, 0.5) is 5.82 Å². The van der Waals surface area contributed by atoms with Gasteiger partial charge in [0.2, 0.25) is 0 Å². The van der Waals surface area contributed by atoms with Crippen LogP contribution in [0, 0.1) is 6.92 Å². The molecule has 2 aliphatic heterocycles. The Morgan fingerprint density at radius 3 is 2.66 bits per heavy atom. The van der Waals surface area contributed by atoms with Gasteiger partial charge < -0.3 is 24.0 Å². The van der Waals surface area contributed by atoms with Gasteiger partial charge in [0.1, 0.15) is 17.7 Å². The van der Waals surface area contributed by atoms with Gasteiger partial charge in [-0.2, -0.15) is 15.1 Å². The summed E-state index contributed by atoms with van der Waals surface area (Å²) in [5.74, 6) is 2.38. The molecular weight excluding hydrogens is 408 g/mol. The molecule has 0 saturated carbocycles. The Kier molecular flexibility index (Phi) is 5.84. The van der Waals surface area contributed by atoms with Crippen LogP contribution in [-0.4, -0.2) is 84.3 Å². The fourth-order valence-electron chi connectivity index (χ4n) is 4.43. The van der Waals surface area contributed by atoms with Crippen molar-refractivity contribution in [3.05, 3.63) is 30.0 Å². The van der Waals surface area contributed by atoms with Gasteiger partial charge in [0.15, 0.2) is 5.82 Å². The SMILES string of the molecule is COc1nc(N2CCOCC2)cc(-n2ncc3cc(C)c(OC4CCCN(C)C4)cc32)n1. The number of ether oxygens (including phenoxy) is 3. The number of aromatic nitrogens is 4. The van der Waals surface area contributed by atoms with Crippen LogP contribution in [0.3, 0.4) is 0 Å². The molecule has 0 aliphatic carbocycles. The van der Waals surface area contributed by atoms with E-state index in [4.69, 9.17) is 14.2 Å². The van der Waals surface area contributed by atoms with Crippen molar-refractivity contribution in [1.82, 2.24) is 24.6 Å². The number of fused-ring (bicyclic) bond motifs is 1. The second kappa shape index (κ2) is 8.91. The van der Waals surface area contributed by atoms with Crippen LogP contribution >= 0.6 is 0 Å². The highest BCUT2D eigenvalue weighted by Gasteiger charge is 2.21. The van der Waals surface area contributed by atoms with E-state index < -0.39 is 0 Å². The fourth-order valence-corrected chi connectivity index (χ4v) is 4.43. The molecule has 9 nitrogen and oxygen atoms in total. The number of morpholine rings is 1. The summed E-state index contributed by atoms with van der Waals surface area (Å²) < 4.78 is 19.1. The Bertz CT molecular complexity index is 1090. The lowest BCUT2D eigenvalue weighted by atomic mass is 10.1. The molecule has 2 saturated heterocycles. The lowest BCUT2D eigenvalue weighted by Gasteiger charge is -2.30. The van der Waals surface area contributed by atoms with Crippen molar-refractivity contribution in [2.45, 2.75) is 25.9 Å². The maximum absolute atomic E-state index is 6.43. The van der Waals surface area contributed by atoms with Crippen molar-refractivity contribution in [2.24, 2.45) is 0 Å². The number of anilines is 1. The van der Waals surface area contributed by atoms with Crippen molar-refractivity contribution in [2.75, 3.05) is 58.5 Å². The van der Waals surface area contributed by atoms with Gasteiger partial charge in [0.25, 0.3) is 0 Å². The van der Waals surface area contributed by atoms with Gasteiger partial charge >= 0.3 is 6.01 Å². The molecule has 2 aliphatic rings. The number of methoxy groups -OCH3 is 1. The highest BCUT2D eigenvalue weighted by molar-refractivity contribution is 5.83. The summed E-state index contributed by atoms with van der Waals surface area (Å²) in [5, 5.41) is 5.67. The molecule has 0 N–H and O–H groups in total. The maximum atomic E-state index is 6.43. The third-order valence-electron chi connectivity index (χ3n) is 6.15. The molecule has 5 rings (SSSR count). The van der Waals surface area contributed by atoms with E-state index in [-0.39, 0.29) is 6.10 Å². The zero-order chi connectivity index (χ0) is 22.1. The van der Waals surface area contributed by atoms with E-state index >= 15 is 0 Å². The molecule has 1 unspecified atom stereocenters. The van der Waals surface area contributed by atoms with Crippen LogP contribution in [0.2, 0.25) is 0 Å². The van der Waals surface area contributed by atoms with Gasteiger partial charge in [-0.05, 0) is 45.0 Å². The van der Waals surface area contributed by atoms with Crippen molar-refractivity contribution < 1.29 is 14.2 Å². The van der Waals surface area contributed by atoms with Crippen LogP contribution in [0.25, 0.3) is 16.7 Å². The van der Waals surface area contributed by atoms with Gasteiger partial charge in [-0.25, -0.2) is 4.68 Å². The number of hydrogen-bond acceptors (Lipinski definition) is 8. The topological polar surface area (TPSA) is 77.8 Å². The van der Waals surface area contributed by atoms with Crippen molar-refractivity contribution in [3.8, 4) is 17.6 Å². The number of rotatable bonds is 5. The average Bonchev–Trinajstić information content (AvgIpc) is 3.22. The summed E-state index contributed by atoms with van der Waals surface area (Å²) in [5.41, 5.74) is 2.06. The molecule has 9 heteroatoms. The molecular formula is C23H30N6O3. The van der Waals surface area contributed by atoms with Crippen molar-refractivity contribution in [3.63, 3.8) is 0 Å². The molecule has 1 atom stereocenters. The first kappa shape index (κ1) is 21.0. The highest BCUT2D eigenvalue weighted by Crippen LogP contribution is 2.30. The minimum atomic E-state index is 0.202. The van der Waals surface area contributed by atoms with Crippen LogP contribution in [0.5, 0.6) is 11.8 Å². The monoisotopic (exact) mass is 438 g/mol. The second-order valence-electron chi connectivity index (χ2n) is 8.55. The number of hydrogen-bond donors (Lipinski definition) is 0. The third kappa shape index (κ3) is 4.22. The normalized spacial score (nSPS) is 20.0. The van der Waals surface area contributed by atoms with E-state index in [0.29, 0.717) is 25.0 Å². The average molecular weight is 439 g/mol. The van der Waals surface area contributed by atoms with Gasteiger partial charge in [-0.1, -0.05) is 0 Å². The van der Waals surface area contributed by atoms with Crippen molar-refractivity contribution in [1.29, 1.82) is 0 Å². The number of aryl methyl sites for hydroxylation is 1. The van der Waals surface area contributed by atoms with E-state index in [0.717, 1.165) is 67.1 Å². The molecule has 0 radical (unpaired) electrons. The molecule has 0 bridgehead atoms. The Hall–Kier alpha value is -2.91. The van der Waals surface area contributed by atoms with Gasteiger partial charge in [0.05, 0.1) is 32.0 Å². The molecule has 4 heterocycles. The minimum absolute atomic E-state index is 0.202. The first-order chi connectivity index (χ1) is 15.6. The standard InChI is InChI=1S/C23H30N6O3/c1-16-11-17-14-24-29(19(17)12-20(16)32-18-5-4-6-27(2)15-18)22-13-21(25-23(26-22)30-3)28-7-9-31-10-8-28/h11-14,18H,4-10,15H2,1-3H3. The quantitative estimate of drug-likeness (QED) is 0.601. The summed E-state index contributed by atoms with van der Waals surface area (Å²) >= 11 is 0. The molecule has 170 valence electrons. The van der Waals surface area contributed by atoms with E-state index in [1.807, 2.05) is 16.9 Å². The first-order valence-electron chi connectivity index (χ1n) is 11.2. The summed E-state index contributed by atoms with van der Waals surface area (Å²) in [6, 6.07) is 6.48. The van der Waals surface area contributed by atoms with E-state index in [1.54, 1.807) is 7.11 Å². The zero-order valence-corrected chi connectivity index (χ0v) is 19.0. The van der Waals surface area contributed by atoms with Gasteiger partial charge in [-0.3, -0.25) is 0 Å². The second-order valence-corrected chi connectivity index (χ2v) is 8.55. The molecule has 2 fully saturated rings. The van der Waals surface area contributed by atoms with E-state index in [9.17, 15) is 0 Å². The molecule has 3 aromatic rings. The molecule has 2 aromatic heterocycles. The molecule has 0 spiro atoms. The minimum Gasteiger partial charge on any atom is -0.489 e. The highest BCUT2D eigenvalue weighted by atomic mass is 16.5. The first-order valence-corrected chi connectivity index (χ1v) is 11.2. The number of piperidine rings is 1. The Labute approximate surface area is 187 Å². The summed E-state index contributed by atoms with van der Waals surface area (Å²) in [6.07, 6.45) is 4.30. The largest absolute Gasteiger partial charge is 0.489 e. The number of likely N-dealkylation sites (N-methyl/N-ethyl adjacent to an activating group) is 1. The maximum Gasteiger partial charge on any atom is 0.320 e. The number of likely N-dealkylation sites (tertiary alicyclic amines) is 1. The predicted octanol–water partition coefficient (Wildman–Crippen LogP) is 2.44. The van der Waals surface area contributed by atoms with Gasteiger partial charge in [0, 0.05) is 37.2 Å². The van der Waals surface area contributed by atoms with E-state index in [2.05, 4.69) is 51.0 Å². The Balaban J connectivity index is 1.51. The Morgan fingerprint density at radius 1 is 1.06 bits per heavy atom. The molecule has 1 aromatic carbocycles.